The molecule has 1 heterocycles. The third-order valence-corrected chi connectivity index (χ3v) is 2.91. The van der Waals surface area contributed by atoms with Crippen molar-refractivity contribution in [3.05, 3.63) is 34.3 Å². The summed E-state index contributed by atoms with van der Waals surface area (Å²) in [4.78, 5) is 11.3. The second kappa shape index (κ2) is 5.38. The minimum absolute atomic E-state index is 0.322. The first-order chi connectivity index (χ1) is 8.22. The number of alkyl halides is 1. The third kappa shape index (κ3) is 2.70. The minimum atomic E-state index is -0.322. The van der Waals surface area contributed by atoms with Crippen molar-refractivity contribution in [3.8, 4) is 0 Å². The van der Waals surface area contributed by atoms with Crippen LogP contribution in [0.25, 0.3) is 11.1 Å². The largest absolute Gasteiger partial charge is 0.419 e. The van der Waals surface area contributed by atoms with Gasteiger partial charge < -0.3 is 9.73 Å². The zero-order chi connectivity index (χ0) is 12.3. The topological polar surface area (TPSA) is 47.2 Å². The van der Waals surface area contributed by atoms with E-state index in [1.165, 1.54) is 4.57 Å². The van der Waals surface area contributed by atoms with Gasteiger partial charge in [-0.1, -0.05) is 6.07 Å². The summed E-state index contributed by atoms with van der Waals surface area (Å²) < 4.78 is 6.64. The predicted octanol–water partition coefficient (Wildman–Crippen LogP) is 1.50. The monoisotopic (exact) mass is 254 g/mol. The van der Waals surface area contributed by atoms with Crippen LogP contribution >= 0.6 is 11.6 Å². The molecule has 17 heavy (non-hydrogen) atoms. The van der Waals surface area contributed by atoms with Gasteiger partial charge in [0.2, 0.25) is 0 Å². The van der Waals surface area contributed by atoms with Gasteiger partial charge in [-0.3, -0.25) is 4.57 Å². The van der Waals surface area contributed by atoms with Crippen LogP contribution in [0.2, 0.25) is 0 Å². The van der Waals surface area contributed by atoms with Crippen molar-refractivity contribution in [2.75, 3.05) is 19.0 Å². The Kier molecular flexibility index (Phi) is 3.86. The molecule has 1 aromatic carbocycles. The Labute approximate surface area is 104 Å². The fraction of sp³-hybridized carbons (Fsp3) is 0.417. The summed E-state index contributed by atoms with van der Waals surface area (Å²) in [6.45, 7) is 1.68. The lowest BCUT2D eigenvalue weighted by atomic mass is 10.1. The number of nitrogens with one attached hydrogen (secondary N) is 1. The molecule has 1 aromatic heterocycles. The van der Waals surface area contributed by atoms with Gasteiger partial charge in [0.15, 0.2) is 5.58 Å². The number of rotatable bonds is 5. The van der Waals surface area contributed by atoms with E-state index < -0.39 is 0 Å². The molecule has 0 aliphatic heterocycles. The van der Waals surface area contributed by atoms with Gasteiger partial charge in [0.25, 0.3) is 0 Å². The van der Waals surface area contributed by atoms with Crippen LogP contribution in [0.3, 0.4) is 0 Å². The number of hydrogen-bond donors (Lipinski definition) is 1. The molecule has 1 N–H and O–H groups in total. The first-order valence-electron chi connectivity index (χ1n) is 5.57. The summed E-state index contributed by atoms with van der Waals surface area (Å²) in [5, 5.41) is 3.22. The second-order valence-electron chi connectivity index (χ2n) is 3.92. The molecule has 5 heteroatoms. The normalized spacial score (nSPS) is 11.2. The van der Waals surface area contributed by atoms with Crippen LogP contribution < -0.4 is 11.1 Å². The second-order valence-corrected chi connectivity index (χ2v) is 4.30. The van der Waals surface area contributed by atoms with Crippen molar-refractivity contribution in [2.45, 2.75) is 6.42 Å². The molecule has 0 saturated heterocycles. The van der Waals surface area contributed by atoms with Gasteiger partial charge in [0.05, 0.1) is 5.52 Å². The molecule has 0 atom stereocenters. The number of hydrogen-bond acceptors (Lipinski definition) is 3. The Hall–Kier alpha value is -1.26. The van der Waals surface area contributed by atoms with E-state index in [4.69, 9.17) is 16.0 Å². The molecule has 0 fully saturated rings. The maximum absolute atomic E-state index is 11.3. The molecule has 0 amide bonds. The maximum atomic E-state index is 11.3. The first-order valence-corrected chi connectivity index (χ1v) is 6.11. The van der Waals surface area contributed by atoms with E-state index in [-0.39, 0.29) is 5.76 Å². The molecule has 0 aliphatic carbocycles. The van der Waals surface area contributed by atoms with Gasteiger partial charge in [0, 0.05) is 19.5 Å². The van der Waals surface area contributed by atoms with Gasteiger partial charge in [0.1, 0.15) is 0 Å². The fourth-order valence-corrected chi connectivity index (χ4v) is 1.89. The highest BCUT2D eigenvalue weighted by Gasteiger charge is 2.05. The van der Waals surface area contributed by atoms with Crippen LogP contribution in [0.4, 0.5) is 0 Å². The summed E-state index contributed by atoms with van der Waals surface area (Å²) in [6, 6.07) is 5.84. The highest BCUT2D eigenvalue weighted by atomic mass is 35.5. The van der Waals surface area contributed by atoms with E-state index in [0.29, 0.717) is 11.5 Å². The van der Waals surface area contributed by atoms with Gasteiger partial charge in [-0.05, 0) is 30.7 Å². The summed E-state index contributed by atoms with van der Waals surface area (Å²) in [5.74, 6) is 0.296. The number of aryl methyl sites for hydroxylation is 1. The molecule has 0 radical (unpaired) electrons. The summed E-state index contributed by atoms with van der Waals surface area (Å²) in [5.41, 5.74) is 2.62. The van der Waals surface area contributed by atoms with E-state index in [9.17, 15) is 4.79 Å². The smallest absolute Gasteiger partial charge is 0.408 e. The third-order valence-electron chi connectivity index (χ3n) is 2.72. The highest BCUT2D eigenvalue weighted by molar-refractivity contribution is 6.18. The molecule has 0 bridgehead atoms. The van der Waals surface area contributed by atoms with E-state index in [1.54, 1.807) is 7.05 Å². The van der Waals surface area contributed by atoms with E-state index in [1.807, 2.05) is 18.2 Å². The van der Waals surface area contributed by atoms with E-state index in [0.717, 1.165) is 30.6 Å². The van der Waals surface area contributed by atoms with Crippen molar-refractivity contribution in [1.82, 2.24) is 9.88 Å². The van der Waals surface area contributed by atoms with Crippen LogP contribution in [-0.4, -0.2) is 23.5 Å². The molecule has 92 valence electrons. The quantitative estimate of drug-likeness (QED) is 0.650. The molecule has 4 nitrogen and oxygen atoms in total. The molecule has 2 rings (SSSR count). The van der Waals surface area contributed by atoms with E-state index in [2.05, 4.69) is 5.32 Å². The Morgan fingerprint density at radius 2 is 2.24 bits per heavy atom. The van der Waals surface area contributed by atoms with Crippen molar-refractivity contribution >= 4 is 22.7 Å². The van der Waals surface area contributed by atoms with Gasteiger partial charge in [-0.2, -0.15) is 0 Å². The van der Waals surface area contributed by atoms with Crippen molar-refractivity contribution in [1.29, 1.82) is 0 Å². The molecule has 0 spiro atoms. The van der Waals surface area contributed by atoms with Gasteiger partial charge >= 0.3 is 5.76 Å². The van der Waals surface area contributed by atoms with Crippen molar-refractivity contribution in [2.24, 2.45) is 7.05 Å². The lowest BCUT2D eigenvalue weighted by molar-refractivity contribution is 0.527. The zero-order valence-electron chi connectivity index (χ0n) is 9.70. The van der Waals surface area contributed by atoms with Crippen LogP contribution in [0.1, 0.15) is 5.56 Å². The molecule has 0 saturated carbocycles. The zero-order valence-corrected chi connectivity index (χ0v) is 10.5. The fourth-order valence-electron chi connectivity index (χ4n) is 1.76. The van der Waals surface area contributed by atoms with Crippen LogP contribution in [-0.2, 0) is 13.5 Å². The van der Waals surface area contributed by atoms with Crippen molar-refractivity contribution < 1.29 is 4.42 Å². The number of halogens is 1. The number of benzene rings is 1. The number of fused-ring (bicyclic) bond motifs is 1. The number of aromatic nitrogens is 1. The summed E-state index contributed by atoms with van der Waals surface area (Å²) in [6.07, 6.45) is 0.894. The Balaban J connectivity index is 2.12. The molecule has 0 unspecified atom stereocenters. The summed E-state index contributed by atoms with van der Waals surface area (Å²) >= 11 is 5.57. The lowest BCUT2D eigenvalue weighted by Crippen LogP contribution is -2.19. The SMILES string of the molecule is Cn1c(=O)oc2cc(CCNCCCl)ccc21. The van der Waals surface area contributed by atoms with Crippen molar-refractivity contribution in [3.63, 3.8) is 0 Å². The summed E-state index contributed by atoms with van der Waals surface area (Å²) in [7, 11) is 1.70. The predicted molar refractivity (Wildman–Crippen MR) is 68.7 cm³/mol. The van der Waals surface area contributed by atoms with Crippen LogP contribution in [0, 0.1) is 0 Å². The Bertz CT molecular complexity index is 559. The molecule has 2 aromatic rings. The average Bonchev–Trinajstić information content (AvgIpc) is 2.61. The molecular formula is C12H15ClN2O2. The van der Waals surface area contributed by atoms with E-state index >= 15 is 0 Å². The van der Waals surface area contributed by atoms with Gasteiger partial charge in [-0.15, -0.1) is 11.6 Å². The lowest BCUT2D eigenvalue weighted by Gasteiger charge is -2.02. The average molecular weight is 255 g/mol. The Morgan fingerprint density at radius 1 is 1.41 bits per heavy atom. The standard InChI is InChI=1S/C12H15ClN2O2/c1-15-10-3-2-9(4-6-14-7-5-13)8-11(10)17-12(15)16/h2-3,8,14H,4-7H2,1H3. The number of nitrogens with zero attached hydrogens (tertiary/aromatic N) is 1. The number of oxazole rings is 1. The molecule has 0 aliphatic rings. The molecular weight excluding hydrogens is 240 g/mol. The minimum Gasteiger partial charge on any atom is -0.408 e. The van der Waals surface area contributed by atoms with Crippen LogP contribution in [0.5, 0.6) is 0 Å². The maximum Gasteiger partial charge on any atom is 0.419 e. The first kappa shape index (κ1) is 12.2. The highest BCUT2D eigenvalue weighted by Crippen LogP contribution is 2.14. The van der Waals surface area contributed by atoms with Crippen LogP contribution in [0.15, 0.2) is 27.4 Å². The Morgan fingerprint density at radius 3 is 3.00 bits per heavy atom. The van der Waals surface area contributed by atoms with Gasteiger partial charge in [-0.25, -0.2) is 4.79 Å².